The second-order valence-electron chi connectivity index (χ2n) is 4.17. The van der Waals surface area contributed by atoms with E-state index in [0.29, 0.717) is 11.3 Å². The van der Waals surface area contributed by atoms with E-state index in [1.54, 1.807) is 0 Å². The third-order valence-corrected chi connectivity index (χ3v) is 4.50. The standard InChI is InChI=1S/C10H20N2O2S/c1-15-10(4-2-3-5-10)7-12-6-8(11)9(13)14/h8,12H,2-7,11H2,1H3,(H,13,14). The number of hydrogen-bond donors (Lipinski definition) is 3. The summed E-state index contributed by atoms with van der Waals surface area (Å²) >= 11 is 1.89. The van der Waals surface area contributed by atoms with Crippen molar-refractivity contribution in [3.63, 3.8) is 0 Å². The Morgan fingerprint density at radius 1 is 1.60 bits per heavy atom. The van der Waals surface area contributed by atoms with E-state index in [-0.39, 0.29) is 0 Å². The van der Waals surface area contributed by atoms with Gasteiger partial charge in [0.1, 0.15) is 6.04 Å². The van der Waals surface area contributed by atoms with E-state index in [1.165, 1.54) is 25.7 Å². The van der Waals surface area contributed by atoms with Crippen LogP contribution in [0, 0.1) is 0 Å². The van der Waals surface area contributed by atoms with Crippen LogP contribution in [0.3, 0.4) is 0 Å². The van der Waals surface area contributed by atoms with Crippen LogP contribution in [0.25, 0.3) is 0 Å². The van der Waals surface area contributed by atoms with Crippen molar-refractivity contribution in [1.82, 2.24) is 5.32 Å². The van der Waals surface area contributed by atoms with Gasteiger partial charge >= 0.3 is 5.97 Å². The number of nitrogens with two attached hydrogens (primary N) is 1. The van der Waals surface area contributed by atoms with Gasteiger partial charge < -0.3 is 16.2 Å². The molecule has 4 N–H and O–H groups in total. The van der Waals surface area contributed by atoms with Crippen molar-refractivity contribution >= 4 is 17.7 Å². The van der Waals surface area contributed by atoms with Gasteiger partial charge in [-0.3, -0.25) is 4.79 Å². The predicted octanol–water partition coefficient (Wildman–Crippen LogP) is 0.664. The minimum atomic E-state index is -0.938. The van der Waals surface area contributed by atoms with Crippen molar-refractivity contribution in [2.75, 3.05) is 19.3 Å². The minimum absolute atomic E-state index is 0.318. The Morgan fingerprint density at radius 2 is 2.20 bits per heavy atom. The van der Waals surface area contributed by atoms with E-state index < -0.39 is 12.0 Å². The lowest BCUT2D eigenvalue weighted by molar-refractivity contribution is -0.138. The molecule has 1 atom stereocenters. The molecule has 0 heterocycles. The molecule has 1 saturated carbocycles. The fraction of sp³-hybridized carbons (Fsp3) is 0.900. The molecule has 1 rings (SSSR count). The summed E-state index contributed by atoms with van der Waals surface area (Å²) in [4.78, 5) is 10.5. The molecule has 1 aliphatic carbocycles. The maximum absolute atomic E-state index is 10.5. The van der Waals surface area contributed by atoms with E-state index in [4.69, 9.17) is 10.8 Å². The first kappa shape index (κ1) is 12.8. The molecule has 4 nitrogen and oxygen atoms in total. The predicted molar refractivity (Wildman–Crippen MR) is 63.2 cm³/mol. The lowest BCUT2D eigenvalue weighted by Crippen LogP contribution is -2.44. The third kappa shape index (κ3) is 3.66. The van der Waals surface area contributed by atoms with Crippen LogP contribution < -0.4 is 11.1 Å². The largest absolute Gasteiger partial charge is 0.480 e. The molecule has 88 valence electrons. The number of hydrogen-bond acceptors (Lipinski definition) is 4. The number of carbonyl (C=O) groups is 1. The van der Waals surface area contributed by atoms with Crippen molar-refractivity contribution in [3.8, 4) is 0 Å². The van der Waals surface area contributed by atoms with Gasteiger partial charge in [0, 0.05) is 17.8 Å². The van der Waals surface area contributed by atoms with Crippen molar-refractivity contribution in [2.24, 2.45) is 5.73 Å². The van der Waals surface area contributed by atoms with Crippen molar-refractivity contribution in [2.45, 2.75) is 36.5 Å². The normalized spacial score (nSPS) is 21.5. The highest BCUT2D eigenvalue weighted by Crippen LogP contribution is 2.39. The summed E-state index contributed by atoms with van der Waals surface area (Å²) in [5, 5.41) is 11.8. The summed E-state index contributed by atoms with van der Waals surface area (Å²) in [5.41, 5.74) is 5.42. The second kappa shape index (κ2) is 5.72. The zero-order valence-electron chi connectivity index (χ0n) is 9.16. The lowest BCUT2D eigenvalue weighted by Gasteiger charge is -2.27. The molecule has 0 aromatic heterocycles. The van der Waals surface area contributed by atoms with Gasteiger partial charge in [0.05, 0.1) is 0 Å². The second-order valence-corrected chi connectivity index (χ2v) is 5.44. The first-order valence-electron chi connectivity index (χ1n) is 5.34. The molecule has 0 aliphatic heterocycles. The van der Waals surface area contributed by atoms with E-state index in [2.05, 4.69) is 11.6 Å². The van der Waals surface area contributed by atoms with Crippen molar-refractivity contribution in [1.29, 1.82) is 0 Å². The third-order valence-electron chi connectivity index (χ3n) is 3.08. The van der Waals surface area contributed by atoms with Gasteiger partial charge in [0.2, 0.25) is 0 Å². The number of rotatable bonds is 6. The van der Waals surface area contributed by atoms with E-state index in [9.17, 15) is 4.79 Å². The van der Waals surface area contributed by atoms with Crippen LogP contribution >= 0.6 is 11.8 Å². The van der Waals surface area contributed by atoms with Crippen LogP contribution in [0.15, 0.2) is 0 Å². The molecule has 0 aromatic carbocycles. The Labute approximate surface area is 95.0 Å². The Kier molecular flexibility index (Phi) is 4.89. The summed E-state index contributed by atoms with van der Waals surface area (Å²) in [7, 11) is 0. The summed E-state index contributed by atoms with van der Waals surface area (Å²) in [5.74, 6) is -0.938. The Balaban J connectivity index is 2.26. The van der Waals surface area contributed by atoms with Crippen LogP contribution in [0.4, 0.5) is 0 Å². The molecular formula is C10H20N2O2S. The van der Waals surface area contributed by atoms with Crippen LogP contribution in [0.1, 0.15) is 25.7 Å². The summed E-state index contributed by atoms with van der Waals surface area (Å²) in [6.45, 7) is 1.23. The molecule has 0 amide bonds. The van der Waals surface area contributed by atoms with Gasteiger partial charge in [-0.1, -0.05) is 12.8 Å². The van der Waals surface area contributed by atoms with Crippen LogP contribution in [0.5, 0.6) is 0 Å². The monoisotopic (exact) mass is 232 g/mol. The molecule has 0 radical (unpaired) electrons. The molecule has 0 bridgehead atoms. The fourth-order valence-corrected chi connectivity index (χ4v) is 2.96. The number of carboxylic acid groups (broad SMARTS) is 1. The van der Waals surface area contributed by atoms with E-state index >= 15 is 0 Å². The summed E-state index contributed by atoms with van der Waals surface area (Å²) < 4.78 is 0.318. The number of aliphatic carboxylic acids is 1. The highest BCUT2D eigenvalue weighted by atomic mass is 32.2. The van der Waals surface area contributed by atoms with Gasteiger partial charge in [-0.05, 0) is 19.1 Å². The number of thioether (sulfide) groups is 1. The molecule has 0 aromatic rings. The van der Waals surface area contributed by atoms with Gasteiger partial charge in [0.25, 0.3) is 0 Å². The topological polar surface area (TPSA) is 75.3 Å². The summed E-state index contributed by atoms with van der Waals surface area (Å²) in [6.07, 6.45) is 7.15. The Bertz CT molecular complexity index is 217. The maximum atomic E-state index is 10.5. The minimum Gasteiger partial charge on any atom is -0.480 e. The zero-order valence-corrected chi connectivity index (χ0v) is 9.98. The maximum Gasteiger partial charge on any atom is 0.321 e. The number of carboxylic acids is 1. The lowest BCUT2D eigenvalue weighted by atomic mass is 10.1. The number of nitrogens with one attached hydrogen (secondary N) is 1. The average Bonchev–Trinajstić information content (AvgIpc) is 2.67. The van der Waals surface area contributed by atoms with Gasteiger partial charge in [-0.2, -0.15) is 11.8 Å². The Hall–Kier alpha value is -0.260. The van der Waals surface area contributed by atoms with Crippen LogP contribution in [-0.4, -0.2) is 41.2 Å². The molecule has 0 saturated heterocycles. The molecule has 1 aliphatic rings. The van der Waals surface area contributed by atoms with Gasteiger partial charge in [-0.25, -0.2) is 0 Å². The highest BCUT2D eigenvalue weighted by molar-refractivity contribution is 8.00. The molecule has 0 spiro atoms. The van der Waals surface area contributed by atoms with Gasteiger partial charge in [0.15, 0.2) is 0 Å². The van der Waals surface area contributed by atoms with Crippen molar-refractivity contribution in [3.05, 3.63) is 0 Å². The van der Waals surface area contributed by atoms with Crippen molar-refractivity contribution < 1.29 is 9.90 Å². The summed E-state index contributed by atoms with van der Waals surface area (Å²) in [6, 6.07) is -0.787. The zero-order chi connectivity index (χ0) is 11.3. The quantitative estimate of drug-likeness (QED) is 0.627. The molecule has 5 heteroatoms. The van der Waals surface area contributed by atoms with E-state index in [1.807, 2.05) is 11.8 Å². The van der Waals surface area contributed by atoms with E-state index in [0.717, 1.165) is 6.54 Å². The van der Waals surface area contributed by atoms with Gasteiger partial charge in [-0.15, -0.1) is 0 Å². The first-order chi connectivity index (χ1) is 7.09. The Morgan fingerprint density at radius 3 is 2.67 bits per heavy atom. The fourth-order valence-electron chi connectivity index (χ4n) is 2.02. The molecular weight excluding hydrogens is 212 g/mol. The molecule has 1 fully saturated rings. The SMILES string of the molecule is CSC1(CNCC(N)C(=O)O)CCCC1. The van der Waals surface area contributed by atoms with Crippen LogP contribution in [-0.2, 0) is 4.79 Å². The molecule has 15 heavy (non-hydrogen) atoms. The van der Waals surface area contributed by atoms with Crippen LogP contribution in [0.2, 0.25) is 0 Å². The average molecular weight is 232 g/mol. The highest BCUT2D eigenvalue weighted by Gasteiger charge is 2.32. The molecule has 1 unspecified atom stereocenters. The smallest absolute Gasteiger partial charge is 0.321 e. The first-order valence-corrected chi connectivity index (χ1v) is 6.56.